The molecule has 0 spiro atoms. The fourth-order valence-corrected chi connectivity index (χ4v) is 2.58. The lowest BCUT2D eigenvalue weighted by atomic mass is 10.5. The van der Waals surface area contributed by atoms with Crippen LogP contribution < -0.4 is 0 Å². The van der Waals surface area contributed by atoms with Gasteiger partial charge in [-0.05, 0) is 19.3 Å². The minimum Gasteiger partial charge on any atom is -0.312 e. The summed E-state index contributed by atoms with van der Waals surface area (Å²) in [6.07, 6.45) is 2.00. The fourth-order valence-electron chi connectivity index (χ4n) is 0.761. The lowest BCUT2D eigenvalue weighted by molar-refractivity contribution is 0.160. The Hall–Kier alpha value is 2.62. The molecule has 0 heterocycles. The summed E-state index contributed by atoms with van der Waals surface area (Å²) in [5.41, 5.74) is 0. The molecule has 0 fully saturated rings. The smallest absolute Gasteiger partial charge is 0.312 e. The van der Waals surface area contributed by atoms with E-state index in [0.717, 1.165) is 0 Å². The third-order valence-electron chi connectivity index (χ3n) is 1.60. The molecule has 0 radical (unpaired) electrons. The van der Waals surface area contributed by atoms with E-state index in [2.05, 4.69) is 47.8 Å². The van der Waals surface area contributed by atoms with Gasteiger partial charge in [-0.2, -0.15) is 0 Å². The minimum atomic E-state index is -1.39. The average Bonchev–Trinajstić information content (AvgIpc) is 2.26. The van der Waals surface area contributed by atoms with E-state index < -0.39 is 8.60 Å². The van der Waals surface area contributed by atoms with Gasteiger partial charge < -0.3 is 13.6 Å². The van der Waals surface area contributed by atoms with Crippen LogP contribution in [0, 0.1) is 0 Å². The number of hydrogen-bond donors (Lipinski definition) is 0. The molecule has 10 heteroatoms. The van der Waals surface area contributed by atoms with Crippen LogP contribution >= 0.6 is 91.2 Å². The lowest BCUT2D eigenvalue weighted by Crippen LogP contribution is -2.04. The molecule has 0 aromatic carbocycles. The summed E-state index contributed by atoms with van der Waals surface area (Å²) >= 11 is 27.0. The van der Waals surface area contributed by atoms with Gasteiger partial charge in [0.15, 0.2) is 0 Å². The largest absolute Gasteiger partial charge is 0.332 e. The van der Waals surface area contributed by atoms with Crippen molar-refractivity contribution in [2.45, 2.75) is 32.1 Å². The fraction of sp³-hybridized carbons (Fsp3) is 1.00. The number of halogens is 6. The summed E-state index contributed by atoms with van der Waals surface area (Å²) in [5.74, 6) is 0. The standard InChI is InChI=1S/C9H15Br3Cl3O3P/c10-7(13)1-4-16-19(17-5-2-8(11)14)18-6-3-9(12)15/h7-9H,1-6H2. The summed E-state index contributed by atoms with van der Waals surface area (Å²) < 4.78 is 16.2. The van der Waals surface area contributed by atoms with Gasteiger partial charge in [0.2, 0.25) is 0 Å². The molecule has 0 aliphatic heterocycles. The number of hydrogen-bond acceptors (Lipinski definition) is 3. The highest BCUT2D eigenvalue weighted by molar-refractivity contribution is 9.10. The van der Waals surface area contributed by atoms with Crippen LogP contribution in [0.3, 0.4) is 0 Å². The van der Waals surface area contributed by atoms with Crippen molar-refractivity contribution in [1.29, 1.82) is 0 Å². The third kappa shape index (κ3) is 16.8. The van der Waals surface area contributed by atoms with Crippen molar-refractivity contribution in [3.8, 4) is 0 Å². The third-order valence-corrected chi connectivity index (χ3v) is 4.81. The highest BCUT2D eigenvalue weighted by atomic mass is 79.9. The maximum absolute atomic E-state index is 5.77. The van der Waals surface area contributed by atoms with E-state index in [9.17, 15) is 0 Å². The first-order valence-corrected chi connectivity index (χ1v) is 10.6. The first kappa shape index (κ1) is 21.6. The van der Waals surface area contributed by atoms with Gasteiger partial charge in [-0.3, -0.25) is 0 Å². The molecule has 0 saturated heterocycles. The molecule has 3 nitrogen and oxygen atoms in total. The Bertz CT molecular complexity index is 183. The van der Waals surface area contributed by atoms with Gasteiger partial charge in [-0.25, -0.2) is 0 Å². The summed E-state index contributed by atoms with van der Waals surface area (Å²) in [6.45, 7) is 1.38. The molecule has 0 N–H and O–H groups in total. The topological polar surface area (TPSA) is 27.7 Å². The molecule has 0 bridgehead atoms. The Labute approximate surface area is 155 Å². The zero-order valence-electron chi connectivity index (χ0n) is 9.91. The Morgan fingerprint density at radius 2 is 0.947 bits per heavy atom. The maximum Gasteiger partial charge on any atom is 0.332 e. The van der Waals surface area contributed by atoms with Crippen LogP contribution in [0.25, 0.3) is 0 Å². The first-order valence-electron chi connectivity index (χ1n) is 5.45. The minimum absolute atomic E-state index is 0.117. The van der Waals surface area contributed by atoms with Gasteiger partial charge in [-0.1, -0.05) is 47.8 Å². The van der Waals surface area contributed by atoms with Crippen molar-refractivity contribution in [3.63, 3.8) is 0 Å². The van der Waals surface area contributed by atoms with Crippen LogP contribution in [0.2, 0.25) is 0 Å². The second-order valence-electron chi connectivity index (χ2n) is 3.26. The second kappa shape index (κ2) is 14.2. The number of alkyl halides is 6. The summed E-state index contributed by atoms with van der Waals surface area (Å²) in [4.78, 5) is 0. The predicted octanol–water partition coefficient (Wildman–Crippen LogP) is 6.31. The Morgan fingerprint density at radius 3 is 1.16 bits per heavy atom. The van der Waals surface area contributed by atoms with Crippen molar-refractivity contribution in [3.05, 3.63) is 0 Å². The highest BCUT2D eigenvalue weighted by Crippen LogP contribution is 2.41. The number of rotatable bonds is 12. The van der Waals surface area contributed by atoms with Crippen LogP contribution in [0.1, 0.15) is 19.3 Å². The predicted molar refractivity (Wildman–Crippen MR) is 94.3 cm³/mol. The van der Waals surface area contributed by atoms with E-state index in [1.165, 1.54) is 0 Å². The van der Waals surface area contributed by atoms with E-state index in [0.29, 0.717) is 39.1 Å². The van der Waals surface area contributed by atoms with E-state index in [1.807, 2.05) is 0 Å². The van der Waals surface area contributed by atoms with Crippen molar-refractivity contribution in [1.82, 2.24) is 0 Å². The molecular weight excluding hydrogens is 533 g/mol. The van der Waals surface area contributed by atoms with E-state index in [-0.39, 0.29) is 12.9 Å². The van der Waals surface area contributed by atoms with Crippen LogP contribution in [0.5, 0.6) is 0 Å². The SMILES string of the molecule is ClC(Br)CCOP(OCCC(Cl)Br)OCCC(Cl)Br. The van der Waals surface area contributed by atoms with Crippen molar-refractivity contribution >= 4 is 91.2 Å². The Kier molecular flexibility index (Phi) is 16.2. The van der Waals surface area contributed by atoms with Gasteiger partial charge >= 0.3 is 8.60 Å². The van der Waals surface area contributed by atoms with Crippen LogP contribution in [-0.2, 0) is 13.6 Å². The second-order valence-corrected chi connectivity index (χ2v) is 11.0. The normalized spacial score (nSPS) is 18.0. The summed E-state index contributed by atoms with van der Waals surface area (Å²) in [5, 5.41) is 0. The summed E-state index contributed by atoms with van der Waals surface area (Å²) in [6, 6.07) is 0. The average molecular weight is 548 g/mol. The van der Waals surface area contributed by atoms with Gasteiger partial charge in [0, 0.05) is 0 Å². The van der Waals surface area contributed by atoms with Gasteiger partial charge in [-0.15, -0.1) is 34.8 Å². The molecule has 0 rings (SSSR count). The first-order chi connectivity index (χ1) is 8.91. The molecule has 3 unspecified atom stereocenters. The van der Waals surface area contributed by atoms with Crippen molar-refractivity contribution < 1.29 is 13.6 Å². The molecule has 19 heavy (non-hydrogen) atoms. The highest BCUT2D eigenvalue weighted by Gasteiger charge is 2.14. The van der Waals surface area contributed by atoms with E-state index in [1.54, 1.807) is 0 Å². The van der Waals surface area contributed by atoms with E-state index in [4.69, 9.17) is 48.4 Å². The lowest BCUT2D eigenvalue weighted by Gasteiger charge is -2.17. The molecule has 0 saturated carbocycles. The molecule has 0 amide bonds. The van der Waals surface area contributed by atoms with Crippen molar-refractivity contribution in [2.75, 3.05) is 19.8 Å². The molecular formula is C9H15Br3Cl3O3P. The van der Waals surface area contributed by atoms with Gasteiger partial charge in [0.05, 0.1) is 32.7 Å². The molecule has 3 atom stereocenters. The molecule has 0 aliphatic carbocycles. The molecule has 0 aromatic heterocycles. The molecule has 0 aliphatic rings. The Balaban J connectivity index is 3.85. The molecule has 116 valence electrons. The monoisotopic (exact) mass is 544 g/mol. The quantitative estimate of drug-likeness (QED) is 0.211. The van der Waals surface area contributed by atoms with Crippen LogP contribution in [0.15, 0.2) is 0 Å². The van der Waals surface area contributed by atoms with Crippen LogP contribution in [-0.4, -0.2) is 32.7 Å². The van der Waals surface area contributed by atoms with Crippen LogP contribution in [0.4, 0.5) is 0 Å². The van der Waals surface area contributed by atoms with E-state index >= 15 is 0 Å². The zero-order valence-corrected chi connectivity index (χ0v) is 17.8. The zero-order chi connectivity index (χ0) is 14.7. The van der Waals surface area contributed by atoms with Crippen molar-refractivity contribution in [2.24, 2.45) is 0 Å². The summed E-state index contributed by atoms with van der Waals surface area (Å²) in [7, 11) is -1.39. The Morgan fingerprint density at radius 1 is 0.684 bits per heavy atom. The van der Waals surface area contributed by atoms with Gasteiger partial charge in [0.25, 0.3) is 0 Å². The molecule has 0 aromatic rings. The van der Waals surface area contributed by atoms with Gasteiger partial charge in [0.1, 0.15) is 0 Å². The maximum atomic E-state index is 5.77.